The maximum absolute atomic E-state index is 12.6. The highest BCUT2D eigenvalue weighted by Gasteiger charge is 2.17. The number of rotatable bonds is 5. The fourth-order valence-corrected chi connectivity index (χ4v) is 2.47. The molecule has 8 heteroatoms. The van der Waals surface area contributed by atoms with Crippen molar-refractivity contribution in [2.24, 2.45) is 5.10 Å². The van der Waals surface area contributed by atoms with Crippen LogP contribution in [-0.2, 0) is 9.59 Å². The summed E-state index contributed by atoms with van der Waals surface area (Å²) in [5.74, 6) is -2.33. The van der Waals surface area contributed by atoms with Gasteiger partial charge in [0, 0.05) is 23.6 Å². The number of benzene rings is 2. The summed E-state index contributed by atoms with van der Waals surface area (Å²) >= 11 is 0. The molecule has 3 rings (SSSR count). The van der Waals surface area contributed by atoms with Gasteiger partial charge in [-0.2, -0.15) is 5.10 Å². The number of carbonyl (C=O) groups excluding carboxylic acids is 3. The van der Waals surface area contributed by atoms with Crippen LogP contribution in [0.25, 0.3) is 0 Å². The third kappa shape index (κ3) is 5.59. The molecule has 2 aromatic carbocycles. The third-order valence-electron chi connectivity index (χ3n) is 4.00. The van der Waals surface area contributed by atoms with E-state index >= 15 is 0 Å². The van der Waals surface area contributed by atoms with E-state index in [0.29, 0.717) is 11.3 Å². The van der Waals surface area contributed by atoms with Crippen molar-refractivity contribution in [2.75, 3.05) is 10.6 Å². The molecule has 0 aliphatic rings. The summed E-state index contributed by atoms with van der Waals surface area (Å²) < 4.78 is 0. The van der Waals surface area contributed by atoms with E-state index in [-0.39, 0.29) is 11.3 Å². The summed E-state index contributed by atoms with van der Waals surface area (Å²) in [5.41, 5.74) is 4.91. The zero-order valence-electron chi connectivity index (χ0n) is 16.1. The molecule has 150 valence electrons. The van der Waals surface area contributed by atoms with E-state index in [1.165, 1.54) is 12.3 Å². The fraction of sp³-hybridized carbons (Fsp3) is 0.0455. The van der Waals surface area contributed by atoms with Crippen LogP contribution in [-0.4, -0.2) is 28.9 Å². The normalized spacial score (nSPS) is 10.4. The number of nitrogens with zero attached hydrogens (tertiary/aromatic N) is 2. The summed E-state index contributed by atoms with van der Waals surface area (Å²) in [6, 6.07) is 17.2. The Balaban J connectivity index is 1.64. The van der Waals surface area contributed by atoms with Crippen LogP contribution in [0.15, 0.2) is 78.2 Å². The molecule has 0 saturated heterocycles. The van der Waals surface area contributed by atoms with Crippen LogP contribution >= 0.6 is 0 Å². The summed E-state index contributed by atoms with van der Waals surface area (Å²) in [5, 5.41) is 8.92. The fourth-order valence-electron chi connectivity index (χ4n) is 2.47. The smallest absolute Gasteiger partial charge is 0.322 e. The number of nitrogens with one attached hydrogen (secondary N) is 3. The predicted octanol–water partition coefficient (Wildman–Crippen LogP) is 2.73. The lowest BCUT2D eigenvalue weighted by Crippen LogP contribution is -2.33. The lowest BCUT2D eigenvalue weighted by molar-refractivity contribution is -0.136. The largest absolute Gasteiger partial charge is 0.329 e. The average molecular weight is 401 g/mol. The predicted molar refractivity (Wildman–Crippen MR) is 114 cm³/mol. The molecular weight excluding hydrogens is 382 g/mol. The number of anilines is 2. The molecule has 0 fully saturated rings. The van der Waals surface area contributed by atoms with Gasteiger partial charge in [0.05, 0.1) is 17.5 Å². The van der Waals surface area contributed by atoms with Crippen LogP contribution in [0.2, 0.25) is 0 Å². The highest BCUT2D eigenvalue weighted by molar-refractivity contribution is 6.40. The van der Waals surface area contributed by atoms with E-state index < -0.39 is 17.7 Å². The van der Waals surface area contributed by atoms with Gasteiger partial charge in [0.1, 0.15) is 0 Å². The van der Waals surface area contributed by atoms with E-state index in [1.807, 2.05) is 19.1 Å². The first kappa shape index (κ1) is 20.4. The van der Waals surface area contributed by atoms with Crippen molar-refractivity contribution in [3.63, 3.8) is 0 Å². The van der Waals surface area contributed by atoms with Crippen LogP contribution in [0.3, 0.4) is 0 Å². The van der Waals surface area contributed by atoms with Gasteiger partial charge in [-0.05, 0) is 37.3 Å². The van der Waals surface area contributed by atoms with Gasteiger partial charge in [-0.25, -0.2) is 5.43 Å². The van der Waals surface area contributed by atoms with Gasteiger partial charge in [0.2, 0.25) is 0 Å². The Morgan fingerprint density at radius 2 is 1.67 bits per heavy atom. The molecule has 30 heavy (non-hydrogen) atoms. The van der Waals surface area contributed by atoms with Gasteiger partial charge < -0.3 is 10.6 Å². The van der Waals surface area contributed by atoms with Crippen LogP contribution < -0.4 is 16.1 Å². The molecule has 0 radical (unpaired) electrons. The van der Waals surface area contributed by atoms with E-state index in [9.17, 15) is 14.4 Å². The maximum Gasteiger partial charge on any atom is 0.329 e. The molecule has 0 aliphatic carbocycles. The number of hydrogen-bond donors (Lipinski definition) is 3. The molecule has 0 aliphatic heterocycles. The Labute approximate surface area is 173 Å². The topological polar surface area (TPSA) is 113 Å². The average Bonchev–Trinajstić information content (AvgIpc) is 2.76. The SMILES string of the molecule is Cc1ccc(NC(=O)c2ccccc2NC(=O)C(=O)N/N=C/c2cccnc2)cc1. The van der Waals surface area contributed by atoms with Gasteiger partial charge in [-0.15, -0.1) is 0 Å². The lowest BCUT2D eigenvalue weighted by Gasteiger charge is -2.11. The lowest BCUT2D eigenvalue weighted by atomic mass is 10.1. The summed E-state index contributed by atoms with van der Waals surface area (Å²) in [6.45, 7) is 1.95. The molecule has 0 spiro atoms. The quantitative estimate of drug-likeness (QED) is 0.347. The van der Waals surface area contributed by atoms with Gasteiger partial charge in [-0.1, -0.05) is 35.9 Å². The number of para-hydroxylation sites is 1. The van der Waals surface area contributed by atoms with Crippen molar-refractivity contribution >= 4 is 35.3 Å². The standard InChI is InChI=1S/C22H19N5O3/c1-15-8-10-17(11-9-15)25-20(28)18-6-2-3-7-19(18)26-21(29)22(30)27-24-14-16-5-4-12-23-13-16/h2-14H,1H3,(H,25,28)(H,26,29)(H,27,30)/b24-14+. The first-order valence-electron chi connectivity index (χ1n) is 9.04. The Bertz CT molecular complexity index is 1080. The monoisotopic (exact) mass is 401 g/mol. The minimum Gasteiger partial charge on any atom is -0.322 e. The molecule has 0 saturated carbocycles. The molecule has 0 bridgehead atoms. The van der Waals surface area contributed by atoms with Crippen molar-refractivity contribution in [3.05, 3.63) is 89.7 Å². The Morgan fingerprint density at radius 1 is 0.900 bits per heavy atom. The van der Waals surface area contributed by atoms with Crippen molar-refractivity contribution < 1.29 is 14.4 Å². The number of hydrazone groups is 1. The van der Waals surface area contributed by atoms with Crippen molar-refractivity contribution in [2.45, 2.75) is 6.92 Å². The molecule has 3 N–H and O–H groups in total. The van der Waals surface area contributed by atoms with Crippen LogP contribution in [0.4, 0.5) is 11.4 Å². The number of aryl methyl sites for hydroxylation is 1. The van der Waals surface area contributed by atoms with Crippen molar-refractivity contribution in [1.29, 1.82) is 0 Å². The molecular formula is C22H19N5O3. The van der Waals surface area contributed by atoms with E-state index in [0.717, 1.165) is 5.56 Å². The number of aromatic nitrogens is 1. The zero-order valence-corrected chi connectivity index (χ0v) is 16.1. The number of carbonyl (C=O) groups is 3. The van der Waals surface area contributed by atoms with E-state index in [2.05, 4.69) is 26.1 Å². The second-order valence-corrected chi connectivity index (χ2v) is 6.31. The molecule has 3 amide bonds. The third-order valence-corrected chi connectivity index (χ3v) is 4.00. The summed E-state index contributed by atoms with van der Waals surface area (Å²) in [7, 11) is 0. The molecule has 3 aromatic rings. The zero-order chi connectivity index (χ0) is 21.3. The number of pyridine rings is 1. The van der Waals surface area contributed by atoms with E-state index in [1.54, 1.807) is 54.9 Å². The Morgan fingerprint density at radius 3 is 2.40 bits per heavy atom. The molecule has 1 heterocycles. The maximum atomic E-state index is 12.6. The molecule has 0 atom stereocenters. The van der Waals surface area contributed by atoms with Crippen LogP contribution in [0.1, 0.15) is 21.5 Å². The first-order chi connectivity index (χ1) is 14.5. The Kier molecular flexibility index (Phi) is 6.63. The minimum atomic E-state index is -0.969. The highest BCUT2D eigenvalue weighted by atomic mass is 16.2. The summed E-state index contributed by atoms with van der Waals surface area (Å²) in [6.07, 6.45) is 4.52. The Hall–Kier alpha value is -4.33. The highest BCUT2D eigenvalue weighted by Crippen LogP contribution is 2.18. The second-order valence-electron chi connectivity index (χ2n) is 6.31. The van der Waals surface area contributed by atoms with Crippen LogP contribution in [0.5, 0.6) is 0 Å². The van der Waals surface area contributed by atoms with Crippen molar-refractivity contribution in [1.82, 2.24) is 10.4 Å². The minimum absolute atomic E-state index is 0.207. The van der Waals surface area contributed by atoms with Gasteiger partial charge in [0.15, 0.2) is 0 Å². The first-order valence-corrected chi connectivity index (χ1v) is 9.04. The molecule has 1 aromatic heterocycles. The number of hydrogen-bond acceptors (Lipinski definition) is 5. The van der Waals surface area contributed by atoms with Gasteiger partial charge >= 0.3 is 11.8 Å². The second kappa shape index (κ2) is 9.74. The molecule has 8 nitrogen and oxygen atoms in total. The van der Waals surface area contributed by atoms with Crippen molar-refractivity contribution in [3.8, 4) is 0 Å². The van der Waals surface area contributed by atoms with Gasteiger partial charge in [0.25, 0.3) is 5.91 Å². The number of amides is 3. The van der Waals surface area contributed by atoms with E-state index in [4.69, 9.17) is 0 Å². The summed E-state index contributed by atoms with van der Waals surface area (Å²) in [4.78, 5) is 40.7. The van der Waals surface area contributed by atoms with Gasteiger partial charge in [-0.3, -0.25) is 19.4 Å². The van der Waals surface area contributed by atoms with Crippen LogP contribution in [0, 0.1) is 6.92 Å². The molecule has 0 unspecified atom stereocenters.